The molecule has 0 amide bonds. The summed E-state index contributed by atoms with van der Waals surface area (Å²) in [6.45, 7) is 3.17. The third-order valence-electron chi connectivity index (χ3n) is 2.29. The lowest BCUT2D eigenvalue weighted by atomic mass is 10.2. The van der Waals surface area contributed by atoms with E-state index in [1.54, 1.807) is 6.20 Å². The highest BCUT2D eigenvalue weighted by atomic mass is 79.9. The highest BCUT2D eigenvalue weighted by molar-refractivity contribution is 9.10. The fourth-order valence-corrected chi connectivity index (χ4v) is 1.70. The number of hydrogen-bond donors (Lipinski definition) is 2. The Morgan fingerprint density at radius 1 is 1.31 bits per heavy atom. The standard InChI is InChI=1S/C11H19BrN4/c1-3-4-5-6-7-14-10-9(12)8-15-11(13-2)16-10/h8H,3-7H2,1-2H3,(H2,13,14,15,16). The van der Waals surface area contributed by atoms with Crippen LogP contribution >= 0.6 is 15.9 Å². The second-order valence-electron chi connectivity index (χ2n) is 3.63. The van der Waals surface area contributed by atoms with Crippen molar-refractivity contribution in [1.29, 1.82) is 0 Å². The first-order chi connectivity index (χ1) is 7.77. The number of rotatable bonds is 7. The Bertz CT molecular complexity index is 317. The van der Waals surface area contributed by atoms with Gasteiger partial charge in [-0.25, -0.2) is 4.98 Å². The number of halogens is 1. The fourth-order valence-electron chi connectivity index (χ4n) is 1.37. The van der Waals surface area contributed by atoms with Crippen molar-refractivity contribution < 1.29 is 0 Å². The molecule has 1 aromatic rings. The van der Waals surface area contributed by atoms with Crippen LogP contribution in [-0.2, 0) is 0 Å². The van der Waals surface area contributed by atoms with E-state index in [9.17, 15) is 0 Å². The van der Waals surface area contributed by atoms with E-state index in [-0.39, 0.29) is 0 Å². The normalized spacial score (nSPS) is 10.2. The van der Waals surface area contributed by atoms with Crippen molar-refractivity contribution in [2.45, 2.75) is 32.6 Å². The molecule has 0 saturated carbocycles. The first-order valence-electron chi connectivity index (χ1n) is 5.72. The van der Waals surface area contributed by atoms with Crippen molar-refractivity contribution in [1.82, 2.24) is 9.97 Å². The van der Waals surface area contributed by atoms with Crippen molar-refractivity contribution in [2.75, 3.05) is 24.2 Å². The predicted octanol–water partition coefficient (Wildman–Crippen LogP) is 3.27. The molecule has 2 N–H and O–H groups in total. The molecule has 4 nitrogen and oxygen atoms in total. The summed E-state index contributed by atoms with van der Waals surface area (Å²) in [5.74, 6) is 1.50. The molecule has 0 saturated heterocycles. The van der Waals surface area contributed by atoms with Crippen LogP contribution in [0.3, 0.4) is 0 Å². The number of unbranched alkanes of at least 4 members (excludes halogenated alkanes) is 3. The van der Waals surface area contributed by atoms with Crippen molar-refractivity contribution in [3.63, 3.8) is 0 Å². The van der Waals surface area contributed by atoms with Gasteiger partial charge in [0.2, 0.25) is 5.95 Å². The number of anilines is 2. The Balaban J connectivity index is 2.40. The fraction of sp³-hybridized carbons (Fsp3) is 0.636. The molecule has 16 heavy (non-hydrogen) atoms. The van der Waals surface area contributed by atoms with Crippen molar-refractivity contribution in [3.8, 4) is 0 Å². The van der Waals surface area contributed by atoms with Crippen LogP contribution in [0.5, 0.6) is 0 Å². The maximum absolute atomic E-state index is 4.33. The highest BCUT2D eigenvalue weighted by Crippen LogP contribution is 2.19. The monoisotopic (exact) mass is 286 g/mol. The topological polar surface area (TPSA) is 49.8 Å². The van der Waals surface area contributed by atoms with E-state index in [1.165, 1.54) is 25.7 Å². The van der Waals surface area contributed by atoms with Gasteiger partial charge in [-0.15, -0.1) is 0 Å². The van der Waals surface area contributed by atoms with Crippen molar-refractivity contribution in [3.05, 3.63) is 10.7 Å². The van der Waals surface area contributed by atoms with Crippen LogP contribution in [0, 0.1) is 0 Å². The first kappa shape index (κ1) is 13.2. The summed E-state index contributed by atoms with van der Waals surface area (Å²) in [4.78, 5) is 8.43. The molecule has 0 radical (unpaired) electrons. The lowest BCUT2D eigenvalue weighted by Crippen LogP contribution is -2.06. The summed E-state index contributed by atoms with van der Waals surface area (Å²) < 4.78 is 0.905. The zero-order valence-corrected chi connectivity index (χ0v) is 11.5. The third kappa shape index (κ3) is 4.35. The Morgan fingerprint density at radius 2 is 2.12 bits per heavy atom. The van der Waals surface area contributed by atoms with Crippen LogP contribution in [0.1, 0.15) is 32.6 Å². The quantitative estimate of drug-likeness (QED) is 0.756. The summed E-state index contributed by atoms with van der Waals surface area (Å²) in [6.07, 6.45) is 6.77. The lowest BCUT2D eigenvalue weighted by Gasteiger charge is -2.08. The van der Waals surface area contributed by atoms with Gasteiger partial charge in [0.25, 0.3) is 0 Å². The Labute approximate surface area is 105 Å². The molecule has 0 aromatic carbocycles. The second kappa shape index (κ2) is 7.44. The van der Waals surface area contributed by atoms with Crippen molar-refractivity contribution in [2.24, 2.45) is 0 Å². The average molecular weight is 287 g/mol. The minimum atomic E-state index is 0.638. The van der Waals surface area contributed by atoms with Crippen molar-refractivity contribution >= 4 is 27.7 Å². The highest BCUT2D eigenvalue weighted by Gasteiger charge is 2.02. The minimum absolute atomic E-state index is 0.638. The molecule has 1 aromatic heterocycles. The van der Waals surface area contributed by atoms with Gasteiger partial charge in [-0.1, -0.05) is 26.2 Å². The molecule has 0 fully saturated rings. The number of aromatic nitrogens is 2. The van der Waals surface area contributed by atoms with E-state index in [0.717, 1.165) is 16.8 Å². The molecule has 0 aliphatic rings. The van der Waals surface area contributed by atoms with E-state index in [0.29, 0.717) is 5.95 Å². The second-order valence-corrected chi connectivity index (χ2v) is 4.48. The minimum Gasteiger partial charge on any atom is -0.369 e. The van der Waals surface area contributed by atoms with Crippen LogP contribution in [0.2, 0.25) is 0 Å². The van der Waals surface area contributed by atoms with Gasteiger partial charge in [0.05, 0.1) is 4.47 Å². The van der Waals surface area contributed by atoms with Crippen LogP contribution in [0.4, 0.5) is 11.8 Å². The van der Waals surface area contributed by atoms with E-state index >= 15 is 0 Å². The van der Waals surface area contributed by atoms with Crippen LogP contribution in [0.15, 0.2) is 10.7 Å². The number of nitrogens with one attached hydrogen (secondary N) is 2. The smallest absolute Gasteiger partial charge is 0.224 e. The Kier molecular flexibility index (Phi) is 6.15. The molecule has 1 heterocycles. The van der Waals surface area contributed by atoms with E-state index < -0.39 is 0 Å². The van der Waals surface area contributed by atoms with E-state index in [1.807, 2.05) is 7.05 Å². The van der Waals surface area contributed by atoms with E-state index in [4.69, 9.17) is 0 Å². The number of nitrogens with zero attached hydrogens (tertiary/aromatic N) is 2. The molecule has 0 bridgehead atoms. The summed E-state index contributed by atoms with van der Waals surface area (Å²) in [6, 6.07) is 0. The Hall–Kier alpha value is -0.840. The molecule has 1 rings (SSSR count). The zero-order chi connectivity index (χ0) is 11.8. The van der Waals surface area contributed by atoms with E-state index in [2.05, 4.69) is 43.5 Å². The Morgan fingerprint density at radius 3 is 2.81 bits per heavy atom. The predicted molar refractivity (Wildman–Crippen MR) is 71.9 cm³/mol. The summed E-state index contributed by atoms with van der Waals surface area (Å²) in [5.41, 5.74) is 0. The van der Waals surface area contributed by atoms with Gasteiger partial charge in [-0.05, 0) is 22.4 Å². The first-order valence-corrected chi connectivity index (χ1v) is 6.51. The largest absolute Gasteiger partial charge is 0.369 e. The molecule has 5 heteroatoms. The summed E-state index contributed by atoms with van der Waals surface area (Å²) in [7, 11) is 1.81. The number of hydrogen-bond acceptors (Lipinski definition) is 4. The molecular formula is C11H19BrN4. The molecular weight excluding hydrogens is 268 g/mol. The molecule has 90 valence electrons. The molecule has 0 aliphatic carbocycles. The van der Waals surface area contributed by atoms with Gasteiger partial charge in [0.15, 0.2) is 0 Å². The van der Waals surface area contributed by atoms with Gasteiger partial charge in [-0.3, -0.25) is 0 Å². The summed E-state index contributed by atoms with van der Waals surface area (Å²) in [5, 5.41) is 6.23. The lowest BCUT2D eigenvalue weighted by molar-refractivity contribution is 0.684. The zero-order valence-electron chi connectivity index (χ0n) is 9.89. The third-order valence-corrected chi connectivity index (χ3v) is 2.87. The summed E-state index contributed by atoms with van der Waals surface area (Å²) >= 11 is 3.43. The SMILES string of the molecule is CCCCCCNc1nc(NC)ncc1Br. The van der Waals surface area contributed by atoms with Gasteiger partial charge in [0.1, 0.15) is 5.82 Å². The molecule has 0 atom stereocenters. The van der Waals surface area contributed by atoms with Gasteiger partial charge >= 0.3 is 0 Å². The van der Waals surface area contributed by atoms with Gasteiger partial charge < -0.3 is 10.6 Å². The average Bonchev–Trinajstić information content (AvgIpc) is 2.31. The molecule has 0 aliphatic heterocycles. The van der Waals surface area contributed by atoms with Gasteiger partial charge in [-0.2, -0.15) is 4.98 Å². The molecule has 0 spiro atoms. The maximum Gasteiger partial charge on any atom is 0.224 e. The van der Waals surface area contributed by atoms with Crippen LogP contribution < -0.4 is 10.6 Å². The molecule has 0 unspecified atom stereocenters. The van der Waals surface area contributed by atoms with Crippen LogP contribution in [-0.4, -0.2) is 23.6 Å². The van der Waals surface area contributed by atoms with Crippen LogP contribution in [0.25, 0.3) is 0 Å². The van der Waals surface area contributed by atoms with Gasteiger partial charge in [0, 0.05) is 19.8 Å². The maximum atomic E-state index is 4.33.